The number of carbonyl (C=O) groups excluding carboxylic acids is 1. The summed E-state index contributed by atoms with van der Waals surface area (Å²) >= 11 is 6.19. The normalized spacial score (nSPS) is 11.0. The molecule has 1 N–H and O–H groups in total. The van der Waals surface area contributed by atoms with Crippen molar-refractivity contribution in [3.8, 4) is 11.4 Å². The lowest BCUT2D eigenvalue weighted by Crippen LogP contribution is -1.99. The maximum atomic E-state index is 13.0. The zero-order chi connectivity index (χ0) is 18.4. The second-order valence-electron chi connectivity index (χ2n) is 6.04. The van der Waals surface area contributed by atoms with Crippen LogP contribution in [0.4, 0.5) is 4.39 Å². The number of aryl methyl sites for hydroxylation is 1. The Morgan fingerprint density at radius 3 is 2.65 bits per heavy atom. The molecule has 3 rings (SSSR count). The Hall–Kier alpha value is -2.47. The number of nitrogens with one attached hydrogen (secondary N) is 1. The summed E-state index contributed by atoms with van der Waals surface area (Å²) in [4.78, 5) is 23.1. The van der Waals surface area contributed by atoms with Gasteiger partial charge in [-0.25, -0.2) is 14.4 Å². The number of aromatic amines is 1. The molecule has 1 aromatic carbocycles. The van der Waals surface area contributed by atoms with Crippen LogP contribution in [0.5, 0.6) is 0 Å². The monoisotopic (exact) mass is 375 g/mol. The van der Waals surface area contributed by atoms with Gasteiger partial charge in [0.1, 0.15) is 17.9 Å². The van der Waals surface area contributed by atoms with Gasteiger partial charge < -0.3 is 9.40 Å². The van der Waals surface area contributed by atoms with E-state index in [-0.39, 0.29) is 17.5 Å². The van der Waals surface area contributed by atoms with Gasteiger partial charge >= 0.3 is 0 Å². The highest BCUT2D eigenvalue weighted by Gasteiger charge is 2.11. The van der Waals surface area contributed by atoms with Gasteiger partial charge in [0, 0.05) is 12.0 Å². The predicted octanol–water partition coefficient (Wildman–Crippen LogP) is 5.23. The van der Waals surface area contributed by atoms with Crippen molar-refractivity contribution in [3.05, 3.63) is 59.3 Å². The fraction of sp³-hybridized carbons (Fsp3) is 0.316. The number of H-pyrrole nitrogens is 1. The molecular formula is C19H19ClFN3O2. The SMILES string of the molecule is O=C(CCCCCCc1[nH]c(-c2ccc(F)cc2)nc1Cl)c1ncco1. The van der Waals surface area contributed by atoms with E-state index >= 15 is 0 Å². The Bertz CT molecular complexity index is 844. The third kappa shape index (κ3) is 4.79. The summed E-state index contributed by atoms with van der Waals surface area (Å²) in [6, 6.07) is 6.12. The molecular weight excluding hydrogens is 357 g/mol. The Morgan fingerprint density at radius 2 is 1.92 bits per heavy atom. The molecule has 5 nitrogen and oxygen atoms in total. The van der Waals surface area contributed by atoms with E-state index in [1.807, 2.05) is 0 Å². The molecule has 2 heterocycles. The van der Waals surface area contributed by atoms with Crippen LogP contribution >= 0.6 is 11.6 Å². The summed E-state index contributed by atoms with van der Waals surface area (Å²) in [7, 11) is 0. The third-order valence-electron chi connectivity index (χ3n) is 4.10. The largest absolute Gasteiger partial charge is 0.442 e. The molecule has 0 fully saturated rings. The van der Waals surface area contributed by atoms with Crippen LogP contribution in [-0.4, -0.2) is 20.7 Å². The second kappa shape index (κ2) is 8.76. The van der Waals surface area contributed by atoms with E-state index in [0.29, 0.717) is 17.4 Å². The summed E-state index contributed by atoms with van der Waals surface area (Å²) in [5, 5.41) is 0.448. The van der Waals surface area contributed by atoms with Gasteiger partial charge in [0.25, 0.3) is 5.89 Å². The van der Waals surface area contributed by atoms with Crippen LogP contribution in [0, 0.1) is 5.82 Å². The van der Waals surface area contributed by atoms with E-state index in [1.54, 1.807) is 12.1 Å². The molecule has 0 bridgehead atoms. The minimum absolute atomic E-state index is 0.0597. The van der Waals surface area contributed by atoms with Crippen LogP contribution in [-0.2, 0) is 6.42 Å². The van der Waals surface area contributed by atoms with E-state index in [9.17, 15) is 9.18 Å². The number of hydrogen-bond acceptors (Lipinski definition) is 4. The van der Waals surface area contributed by atoms with Crippen molar-refractivity contribution in [2.45, 2.75) is 38.5 Å². The first-order valence-electron chi connectivity index (χ1n) is 8.56. The molecule has 0 aliphatic rings. The first-order valence-corrected chi connectivity index (χ1v) is 8.94. The first kappa shape index (κ1) is 18.3. The van der Waals surface area contributed by atoms with Crippen LogP contribution in [0.15, 0.2) is 41.1 Å². The zero-order valence-electron chi connectivity index (χ0n) is 14.2. The molecule has 0 spiro atoms. The van der Waals surface area contributed by atoms with Crippen molar-refractivity contribution < 1.29 is 13.6 Å². The smallest absolute Gasteiger partial charge is 0.263 e. The standard InChI is InChI=1S/C19H19ClFN3O2/c20-17-15(23-18(24-17)13-7-9-14(21)10-8-13)5-3-1-2-4-6-16(25)19-22-11-12-26-19/h7-12H,1-6H2,(H,23,24). The number of unbranched alkanes of at least 4 members (excludes halogenated alkanes) is 3. The van der Waals surface area contributed by atoms with Crippen LogP contribution in [0.3, 0.4) is 0 Å². The molecule has 0 amide bonds. The molecule has 0 aliphatic carbocycles. The molecule has 0 saturated heterocycles. The predicted molar refractivity (Wildman–Crippen MR) is 96.6 cm³/mol. The number of halogens is 2. The number of hydrogen-bond donors (Lipinski definition) is 1. The van der Waals surface area contributed by atoms with Crippen LogP contribution < -0.4 is 0 Å². The topological polar surface area (TPSA) is 71.8 Å². The average molecular weight is 376 g/mol. The Morgan fingerprint density at radius 1 is 1.15 bits per heavy atom. The Labute approximate surface area is 155 Å². The molecule has 26 heavy (non-hydrogen) atoms. The molecule has 0 aliphatic heterocycles. The molecule has 2 aromatic heterocycles. The maximum Gasteiger partial charge on any atom is 0.263 e. The Kier molecular flexibility index (Phi) is 6.17. The number of imidazole rings is 1. The fourth-order valence-electron chi connectivity index (χ4n) is 2.71. The van der Waals surface area contributed by atoms with Crippen molar-refractivity contribution in [1.82, 2.24) is 15.0 Å². The van der Waals surface area contributed by atoms with Crippen LogP contribution in [0.25, 0.3) is 11.4 Å². The minimum Gasteiger partial charge on any atom is -0.442 e. The maximum absolute atomic E-state index is 13.0. The first-order chi connectivity index (χ1) is 12.6. The van der Waals surface area contributed by atoms with E-state index in [0.717, 1.165) is 43.4 Å². The van der Waals surface area contributed by atoms with Gasteiger partial charge in [0.15, 0.2) is 5.15 Å². The number of rotatable bonds is 9. The van der Waals surface area contributed by atoms with Crippen molar-refractivity contribution >= 4 is 17.4 Å². The van der Waals surface area contributed by atoms with E-state index in [4.69, 9.17) is 16.0 Å². The summed E-state index contributed by atoms with van der Waals surface area (Å²) in [6.07, 6.45) is 7.78. The van der Waals surface area contributed by atoms with E-state index in [2.05, 4.69) is 15.0 Å². The number of benzene rings is 1. The van der Waals surface area contributed by atoms with E-state index < -0.39 is 0 Å². The molecule has 136 valence electrons. The number of nitrogens with zero attached hydrogens (tertiary/aromatic N) is 2. The lowest BCUT2D eigenvalue weighted by atomic mass is 10.1. The quantitative estimate of drug-likeness (QED) is 0.410. The summed E-state index contributed by atoms with van der Waals surface area (Å²) in [6.45, 7) is 0. The highest BCUT2D eigenvalue weighted by molar-refractivity contribution is 6.30. The zero-order valence-corrected chi connectivity index (χ0v) is 14.9. The van der Waals surface area contributed by atoms with Crippen molar-refractivity contribution in [2.24, 2.45) is 0 Å². The van der Waals surface area contributed by atoms with Gasteiger partial charge in [0.2, 0.25) is 5.78 Å². The van der Waals surface area contributed by atoms with Gasteiger partial charge in [0.05, 0.1) is 11.9 Å². The van der Waals surface area contributed by atoms with Gasteiger partial charge in [-0.05, 0) is 43.5 Å². The van der Waals surface area contributed by atoms with Crippen molar-refractivity contribution in [1.29, 1.82) is 0 Å². The van der Waals surface area contributed by atoms with Crippen molar-refractivity contribution in [2.75, 3.05) is 0 Å². The summed E-state index contributed by atoms with van der Waals surface area (Å²) in [5.41, 5.74) is 1.67. The average Bonchev–Trinajstić information content (AvgIpc) is 3.29. The van der Waals surface area contributed by atoms with Gasteiger partial charge in [-0.3, -0.25) is 4.79 Å². The minimum atomic E-state index is -0.284. The summed E-state index contributed by atoms with van der Waals surface area (Å²) in [5.74, 6) is 0.479. The number of aromatic nitrogens is 3. The number of carbonyl (C=O) groups is 1. The highest BCUT2D eigenvalue weighted by atomic mass is 35.5. The van der Waals surface area contributed by atoms with Gasteiger partial charge in [-0.15, -0.1) is 0 Å². The molecule has 0 atom stereocenters. The van der Waals surface area contributed by atoms with Crippen molar-refractivity contribution in [3.63, 3.8) is 0 Å². The molecule has 7 heteroatoms. The fourth-order valence-corrected chi connectivity index (χ4v) is 2.93. The number of Topliss-reactive ketones (excluding diaryl/α,β-unsaturated/α-hetero) is 1. The Balaban J connectivity index is 1.41. The molecule has 0 radical (unpaired) electrons. The third-order valence-corrected chi connectivity index (χ3v) is 4.41. The number of oxazole rings is 1. The van der Waals surface area contributed by atoms with Gasteiger partial charge in [-0.1, -0.05) is 24.4 Å². The second-order valence-corrected chi connectivity index (χ2v) is 6.39. The molecule has 0 unspecified atom stereocenters. The van der Waals surface area contributed by atoms with Gasteiger partial charge in [-0.2, -0.15) is 0 Å². The lowest BCUT2D eigenvalue weighted by Gasteiger charge is -2.00. The number of ketones is 1. The van der Waals surface area contributed by atoms with Crippen LogP contribution in [0.1, 0.15) is 48.5 Å². The summed E-state index contributed by atoms with van der Waals surface area (Å²) < 4.78 is 18.0. The molecule has 3 aromatic rings. The van der Waals surface area contributed by atoms with E-state index in [1.165, 1.54) is 24.6 Å². The molecule has 0 saturated carbocycles. The lowest BCUT2D eigenvalue weighted by molar-refractivity contribution is 0.0945. The highest BCUT2D eigenvalue weighted by Crippen LogP contribution is 2.23. The van der Waals surface area contributed by atoms with Crippen LogP contribution in [0.2, 0.25) is 5.15 Å².